The molecule has 0 aromatic rings. The van der Waals surface area contributed by atoms with Crippen molar-refractivity contribution >= 4 is 17.5 Å². The smallest absolute Gasteiger partial charge is 0.303 e. The summed E-state index contributed by atoms with van der Waals surface area (Å²) in [5, 5.41) is 7.72. The molecular weight excluding hydrogens is 258 g/mol. The van der Waals surface area contributed by atoms with Gasteiger partial charge in [-0.1, -0.05) is 50.0 Å². The third kappa shape index (κ3) is 183. The Morgan fingerprint density at radius 3 is 1.05 bits per heavy atom. The first kappa shape index (κ1) is 42.8. The number of aliphatic carboxylic acids is 1. The van der Waals surface area contributed by atoms with Crippen LogP contribution in [0.2, 0.25) is 0 Å². The number of hydrogen-bond acceptors (Lipinski definition) is 4. The molecule has 0 amide bonds. The summed E-state index contributed by atoms with van der Waals surface area (Å²) in [5.74, 6) is -0.458. The summed E-state index contributed by atoms with van der Waals surface area (Å²) in [6.45, 7) is 10.7. The highest BCUT2D eigenvalue weighted by atomic mass is 16.4. The van der Waals surface area contributed by atoms with E-state index in [1.165, 1.54) is 6.92 Å². The van der Waals surface area contributed by atoms with Crippen molar-refractivity contribution in [2.75, 3.05) is 6.54 Å². The van der Waals surface area contributed by atoms with Gasteiger partial charge in [0.15, 0.2) is 0 Å². The summed E-state index contributed by atoms with van der Waals surface area (Å²) < 4.78 is 0. The zero-order valence-electron chi connectivity index (χ0n) is 11.9. The molecule has 0 atom stereocenters. The first-order chi connectivity index (χ1) is 7.81. The lowest BCUT2D eigenvalue weighted by molar-refractivity contribution is -0.136. The van der Waals surface area contributed by atoms with Gasteiger partial charge in [-0.25, -0.2) is 0 Å². The van der Waals surface area contributed by atoms with Crippen LogP contribution < -0.4 is 5.73 Å². The predicted molar refractivity (Wildman–Crippen MR) is 94.4 cm³/mol. The fourth-order valence-corrected chi connectivity index (χ4v) is 0. The van der Waals surface area contributed by atoms with Crippen LogP contribution in [0.15, 0.2) is 0 Å². The van der Waals surface area contributed by atoms with Crippen LogP contribution in [0.25, 0.3) is 0 Å². The van der Waals surface area contributed by atoms with Crippen LogP contribution in [0.5, 0.6) is 0 Å². The van der Waals surface area contributed by atoms with E-state index in [9.17, 15) is 14.4 Å². The number of carboxylic acids is 1. The highest BCUT2D eigenvalue weighted by Gasteiger charge is 1.80. The lowest BCUT2D eigenvalue weighted by atomic mass is 10.4. The number of ketones is 2. The zero-order valence-corrected chi connectivity index (χ0v) is 11.9. The van der Waals surface area contributed by atoms with Gasteiger partial charge in [0.1, 0.15) is 11.6 Å². The Hall–Kier alpha value is -1.23. The number of hydrogen-bond donors (Lipinski definition) is 2. The van der Waals surface area contributed by atoms with Gasteiger partial charge in [-0.3, -0.25) is 9.59 Å². The lowest BCUT2D eigenvalue weighted by Gasteiger charge is -1.73. The summed E-state index contributed by atoms with van der Waals surface area (Å²) >= 11 is 0. The molecule has 0 aliphatic carbocycles. The van der Waals surface area contributed by atoms with Gasteiger partial charge in [0.25, 0.3) is 0 Å². The molecule has 0 aliphatic heterocycles. The van der Waals surface area contributed by atoms with Gasteiger partial charge in [-0.15, -0.1) is 0 Å². The Bertz CT molecular complexity index is 169. The fourth-order valence-electron chi connectivity index (χ4n) is 0. The van der Waals surface area contributed by atoms with Crippen LogP contribution in [0, 0.1) is 0 Å². The van der Waals surface area contributed by atoms with Crippen molar-refractivity contribution in [3.05, 3.63) is 0 Å². The normalized spacial score (nSPS) is 5.95. The zero-order chi connectivity index (χ0) is 14.9. The van der Waals surface area contributed by atoms with E-state index in [1.807, 2.05) is 20.8 Å². The summed E-state index contributed by atoms with van der Waals surface area (Å²) in [6.07, 6.45) is 0.889. The second-order valence-corrected chi connectivity index (χ2v) is 2.71. The van der Waals surface area contributed by atoms with Crippen molar-refractivity contribution in [3.63, 3.8) is 0 Å². The van der Waals surface area contributed by atoms with Crippen LogP contribution in [0.4, 0.5) is 0 Å². The standard InChI is InChI=1S/C4H8O.C3H7NO.C3H6O2.C2H6.3CH4.2H2/c1-3-4(2)5;1-3(5)2-4;1-2-3(4)5;1-2;;;;;/h3H2,1-2H3;2,4H2,1H3;2H2,1H3,(H,4,5);1-2H3;3*1H4;2*1H. The number of nitrogens with two attached hydrogens (primary N) is 1. The molecule has 20 heavy (non-hydrogen) atoms. The van der Waals surface area contributed by atoms with E-state index in [1.54, 1.807) is 13.8 Å². The van der Waals surface area contributed by atoms with Gasteiger partial charge < -0.3 is 15.6 Å². The fraction of sp³-hybridized carbons (Fsp3) is 0.800. The molecule has 0 saturated carbocycles. The topological polar surface area (TPSA) is 97.5 Å². The number of carboxylic acid groups (broad SMARTS) is 1. The molecule has 0 heterocycles. The summed E-state index contributed by atoms with van der Waals surface area (Å²) in [4.78, 5) is 28.9. The average Bonchev–Trinajstić information content (AvgIpc) is 2.32. The Morgan fingerprint density at radius 1 is 0.900 bits per heavy atom. The van der Waals surface area contributed by atoms with Crippen LogP contribution >= 0.6 is 0 Å². The van der Waals surface area contributed by atoms with E-state index < -0.39 is 5.97 Å². The first-order valence-corrected chi connectivity index (χ1v) is 5.72. The third-order valence-electron chi connectivity index (χ3n) is 1.09. The van der Waals surface area contributed by atoms with Crippen molar-refractivity contribution in [1.82, 2.24) is 0 Å². The van der Waals surface area contributed by atoms with Gasteiger partial charge in [0.2, 0.25) is 0 Å². The molecule has 0 saturated heterocycles. The highest BCUT2D eigenvalue weighted by molar-refractivity contribution is 5.77. The minimum Gasteiger partial charge on any atom is -0.481 e. The monoisotopic (exact) mass is 301 g/mol. The maximum atomic E-state index is 9.81. The maximum absolute atomic E-state index is 9.81. The summed E-state index contributed by atoms with van der Waals surface area (Å²) in [6, 6.07) is 0. The predicted octanol–water partition coefficient (Wildman–Crippen LogP) is 4.43. The van der Waals surface area contributed by atoms with Gasteiger partial charge >= 0.3 is 5.97 Å². The van der Waals surface area contributed by atoms with Gasteiger partial charge in [0, 0.05) is 15.7 Å². The summed E-state index contributed by atoms with van der Waals surface area (Å²) in [7, 11) is 0. The number of Topliss-reactive ketones (excluding diaryl/α,β-unsaturated/α-hetero) is 2. The van der Waals surface area contributed by atoms with E-state index in [4.69, 9.17) is 10.8 Å². The quantitative estimate of drug-likeness (QED) is 0.803. The molecular formula is C15H43NO4. The number of carbonyl (C=O) groups is 3. The van der Waals surface area contributed by atoms with E-state index >= 15 is 0 Å². The van der Waals surface area contributed by atoms with Crippen molar-refractivity contribution in [3.8, 4) is 0 Å². The minimum atomic E-state index is -0.745. The van der Waals surface area contributed by atoms with E-state index in [2.05, 4.69) is 0 Å². The van der Waals surface area contributed by atoms with Crippen LogP contribution in [0.1, 0.15) is 79.5 Å². The molecule has 132 valence electrons. The first-order valence-electron chi connectivity index (χ1n) is 5.72. The van der Waals surface area contributed by atoms with Gasteiger partial charge in [-0.05, 0) is 13.8 Å². The van der Waals surface area contributed by atoms with E-state index in [0.717, 1.165) is 0 Å². The Labute approximate surface area is 129 Å². The molecule has 0 rings (SSSR count). The van der Waals surface area contributed by atoms with Gasteiger partial charge in [-0.2, -0.15) is 0 Å². The lowest BCUT2D eigenvalue weighted by Crippen LogP contribution is -2.07. The van der Waals surface area contributed by atoms with Crippen LogP contribution in [0.3, 0.4) is 0 Å². The molecule has 0 aromatic heterocycles. The van der Waals surface area contributed by atoms with E-state index in [0.29, 0.717) is 6.42 Å². The Kier molecular flexibility index (Phi) is 92.2. The van der Waals surface area contributed by atoms with E-state index in [-0.39, 0.29) is 49.7 Å². The molecule has 0 aliphatic rings. The molecule has 0 aromatic carbocycles. The van der Waals surface area contributed by atoms with Crippen molar-refractivity contribution in [2.45, 2.75) is 76.7 Å². The maximum Gasteiger partial charge on any atom is 0.303 e. The second kappa shape index (κ2) is 43.1. The third-order valence-corrected chi connectivity index (χ3v) is 1.09. The van der Waals surface area contributed by atoms with Crippen molar-refractivity contribution < 1.29 is 22.3 Å². The minimum absolute atomic E-state index is 0. The molecule has 5 nitrogen and oxygen atoms in total. The van der Waals surface area contributed by atoms with Crippen molar-refractivity contribution in [1.29, 1.82) is 0 Å². The molecule has 0 radical (unpaired) electrons. The van der Waals surface area contributed by atoms with Crippen molar-refractivity contribution in [2.24, 2.45) is 5.73 Å². The molecule has 3 N–H and O–H groups in total. The molecule has 0 bridgehead atoms. The van der Waals surface area contributed by atoms with Crippen LogP contribution in [-0.2, 0) is 14.4 Å². The summed E-state index contributed by atoms with van der Waals surface area (Å²) in [5.41, 5.74) is 4.82. The van der Waals surface area contributed by atoms with Crippen LogP contribution in [-0.4, -0.2) is 29.2 Å². The second-order valence-electron chi connectivity index (χ2n) is 2.71. The SMILES string of the molecule is C.C.C.CC.CC(=O)CN.CCC(=O)O.CCC(C)=O.[HH].[HH]. The Morgan fingerprint density at radius 2 is 1.05 bits per heavy atom. The molecule has 0 unspecified atom stereocenters. The molecule has 0 fully saturated rings. The molecule has 5 heteroatoms. The number of carbonyl (C=O) groups excluding carboxylic acids is 2. The highest BCUT2D eigenvalue weighted by Crippen LogP contribution is 1.71. The largest absolute Gasteiger partial charge is 0.481 e. The average molecular weight is 302 g/mol. The number of rotatable bonds is 3. The Balaban J connectivity index is -0.0000000140. The van der Waals surface area contributed by atoms with Gasteiger partial charge in [0.05, 0.1) is 6.54 Å². The molecule has 0 spiro atoms.